The van der Waals surface area contributed by atoms with Gasteiger partial charge in [-0.2, -0.15) is 0 Å². The van der Waals surface area contributed by atoms with Crippen molar-refractivity contribution < 1.29 is 28.3 Å². The highest BCUT2D eigenvalue weighted by molar-refractivity contribution is 6.08. The minimum Gasteiger partial charge on any atom is -0.468 e. The van der Waals surface area contributed by atoms with Crippen molar-refractivity contribution in [2.45, 2.75) is 13.0 Å². The van der Waals surface area contributed by atoms with Gasteiger partial charge in [0.15, 0.2) is 5.92 Å². The van der Waals surface area contributed by atoms with E-state index >= 15 is 0 Å². The van der Waals surface area contributed by atoms with Gasteiger partial charge in [0.2, 0.25) is 11.9 Å². The number of amides is 2. The summed E-state index contributed by atoms with van der Waals surface area (Å²) in [6.45, 7) is 3.92. The molecule has 1 fully saturated rings. The second kappa shape index (κ2) is 8.11. The number of carbonyl (C=O) groups is 3. The Morgan fingerprint density at radius 3 is 2.67 bits per heavy atom. The number of esters is 1. The maximum Gasteiger partial charge on any atom is 0.409 e. The largest absolute Gasteiger partial charge is 0.468 e. The molecule has 0 saturated carbocycles. The number of nitrogens with one attached hydrogen (secondary N) is 1. The van der Waals surface area contributed by atoms with Gasteiger partial charge in [-0.1, -0.05) is 0 Å². The Morgan fingerprint density at radius 2 is 2.07 bits per heavy atom. The maximum absolute atomic E-state index is 12.6. The number of piperazine rings is 1. The number of aliphatic imine (C=N–C) groups is 1. The normalized spacial score (nSPS) is 22.7. The summed E-state index contributed by atoms with van der Waals surface area (Å²) in [5.74, 6) is -1.54. The van der Waals surface area contributed by atoms with Gasteiger partial charge in [-0.3, -0.25) is 14.9 Å². The molecule has 27 heavy (non-hydrogen) atoms. The Hall–Kier alpha value is -3.04. The van der Waals surface area contributed by atoms with Gasteiger partial charge in [0.25, 0.3) is 0 Å². The molecular weight excluding hydrogens is 356 g/mol. The minimum absolute atomic E-state index is 0.321. The topological polar surface area (TPSA) is 114 Å². The van der Waals surface area contributed by atoms with Crippen LogP contribution < -0.4 is 5.32 Å². The zero-order valence-corrected chi connectivity index (χ0v) is 15.2. The van der Waals surface area contributed by atoms with E-state index < -0.39 is 23.8 Å². The third kappa shape index (κ3) is 3.88. The van der Waals surface area contributed by atoms with Crippen molar-refractivity contribution >= 4 is 23.9 Å². The van der Waals surface area contributed by atoms with Crippen molar-refractivity contribution in [2.75, 3.05) is 39.9 Å². The summed E-state index contributed by atoms with van der Waals surface area (Å²) in [6, 6.07) is 2.53. The molecule has 1 N–H and O–H groups in total. The van der Waals surface area contributed by atoms with Crippen LogP contribution in [-0.4, -0.2) is 73.6 Å². The molecule has 0 radical (unpaired) electrons. The van der Waals surface area contributed by atoms with E-state index in [-0.39, 0.29) is 6.09 Å². The maximum atomic E-state index is 12.6. The molecule has 0 spiro atoms. The van der Waals surface area contributed by atoms with Gasteiger partial charge in [-0.05, 0) is 19.1 Å². The lowest BCUT2D eigenvalue weighted by atomic mass is 9.95. The smallest absolute Gasteiger partial charge is 0.409 e. The molecule has 1 aromatic rings. The van der Waals surface area contributed by atoms with E-state index in [9.17, 15) is 14.4 Å². The fourth-order valence-electron chi connectivity index (χ4n) is 3.10. The van der Waals surface area contributed by atoms with Crippen LogP contribution in [0, 0.1) is 5.92 Å². The Kier molecular flexibility index (Phi) is 5.63. The summed E-state index contributed by atoms with van der Waals surface area (Å²) in [4.78, 5) is 44.5. The van der Waals surface area contributed by atoms with Gasteiger partial charge in [0.05, 0.1) is 20.0 Å². The van der Waals surface area contributed by atoms with Crippen molar-refractivity contribution in [1.29, 1.82) is 0 Å². The summed E-state index contributed by atoms with van der Waals surface area (Å²) in [6.07, 6.45) is 1.11. The van der Waals surface area contributed by atoms with Crippen LogP contribution in [0.25, 0.3) is 0 Å². The van der Waals surface area contributed by atoms with Crippen molar-refractivity contribution in [3.8, 4) is 0 Å². The van der Waals surface area contributed by atoms with E-state index in [1.54, 1.807) is 24.0 Å². The Labute approximate surface area is 156 Å². The number of ether oxygens (including phenoxy) is 2. The van der Waals surface area contributed by atoms with Gasteiger partial charge in [0.1, 0.15) is 11.8 Å². The van der Waals surface area contributed by atoms with Crippen LogP contribution in [0.4, 0.5) is 4.79 Å². The van der Waals surface area contributed by atoms with E-state index in [0.717, 1.165) is 0 Å². The molecule has 2 amide bonds. The standard InChI is InChI=1S/C17H22N4O6/c1-3-26-17(24)21-8-6-20(7-9-21)16-18-13(11-5-4-10-27-11)12(14(22)19-16)15(23)25-2/h4-5,10,12-13H,3,6-9H2,1-2H3,(H,18,19,22). The molecule has 2 atom stereocenters. The third-order valence-electron chi connectivity index (χ3n) is 4.49. The molecule has 2 aliphatic rings. The monoisotopic (exact) mass is 378 g/mol. The van der Waals surface area contributed by atoms with E-state index in [0.29, 0.717) is 44.5 Å². The molecule has 1 saturated heterocycles. The summed E-state index contributed by atoms with van der Waals surface area (Å²) in [7, 11) is 1.22. The number of hydrogen-bond acceptors (Lipinski definition) is 8. The fourth-order valence-corrected chi connectivity index (χ4v) is 3.10. The average Bonchev–Trinajstić information content (AvgIpc) is 3.22. The number of carbonyl (C=O) groups excluding carboxylic acids is 3. The molecule has 1 aromatic heterocycles. The first-order valence-corrected chi connectivity index (χ1v) is 8.71. The molecule has 0 bridgehead atoms. The summed E-state index contributed by atoms with van der Waals surface area (Å²) in [5, 5.41) is 2.67. The molecular formula is C17H22N4O6. The number of methoxy groups -OCH3 is 1. The molecule has 10 nitrogen and oxygen atoms in total. The molecule has 146 valence electrons. The summed E-state index contributed by atoms with van der Waals surface area (Å²) in [5.41, 5.74) is 0. The van der Waals surface area contributed by atoms with Crippen molar-refractivity contribution in [3.63, 3.8) is 0 Å². The minimum atomic E-state index is -1.12. The lowest BCUT2D eigenvalue weighted by molar-refractivity contribution is -0.151. The van der Waals surface area contributed by atoms with Crippen LogP contribution in [-0.2, 0) is 19.1 Å². The predicted molar refractivity (Wildman–Crippen MR) is 92.7 cm³/mol. The lowest BCUT2D eigenvalue weighted by Gasteiger charge is -2.38. The van der Waals surface area contributed by atoms with Crippen LogP contribution >= 0.6 is 0 Å². The fraction of sp³-hybridized carbons (Fsp3) is 0.529. The molecule has 2 aliphatic heterocycles. The first-order chi connectivity index (χ1) is 13.0. The van der Waals surface area contributed by atoms with Gasteiger partial charge < -0.3 is 23.7 Å². The van der Waals surface area contributed by atoms with Crippen molar-refractivity contribution in [2.24, 2.45) is 10.9 Å². The Bertz CT molecular complexity index is 724. The number of guanidine groups is 1. The van der Waals surface area contributed by atoms with Crippen LogP contribution in [0.5, 0.6) is 0 Å². The number of furan rings is 1. The molecule has 2 unspecified atom stereocenters. The van der Waals surface area contributed by atoms with Crippen LogP contribution in [0.15, 0.2) is 27.8 Å². The van der Waals surface area contributed by atoms with Gasteiger partial charge in [0, 0.05) is 26.2 Å². The Morgan fingerprint density at radius 1 is 1.33 bits per heavy atom. The molecule has 10 heteroatoms. The second-order valence-electron chi connectivity index (χ2n) is 6.08. The first kappa shape index (κ1) is 18.7. The third-order valence-corrected chi connectivity index (χ3v) is 4.49. The van der Waals surface area contributed by atoms with E-state index in [2.05, 4.69) is 10.3 Å². The highest BCUT2D eigenvalue weighted by Crippen LogP contribution is 2.31. The number of nitrogens with zero attached hydrogens (tertiary/aromatic N) is 3. The molecule has 3 rings (SSSR count). The quantitative estimate of drug-likeness (QED) is 0.597. The Balaban J connectivity index is 1.77. The second-order valence-corrected chi connectivity index (χ2v) is 6.08. The van der Waals surface area contributed by atoms with Gasteiger partial charge in [-0.25, -0.2) is 9.79 Å². The SMILES string of the molecule is CCOC(=O)N1CCN(C2=NC(c3ccco3)C(C(=O)OC)C(=O)N2)CC1. The highest BCUT2D eigenvalue weighted by Gasteiger charge is 2.43. The summed E-state index contributed by atoms with van der Waals surface area (Å²) >= 11 is 0. The molecule has 0 aliphatic carbocycles. The van der Waals surface area contributed by atoms with E-state index in [1.165, 1.54) is 13.4 Å². The first-order valence-electron chi connectivity index (χ1n) is 8.71. The van der Waals surface area contributed by atoms with Crippen LogP contribution in [0.1, 0.15) is 18.7 Å². The highest BCUT2D eigenvalue weighted by atomic mass is 16.6. The van der Waals surface area contributed by atoms with Crippen LogP contribution in [0.2, 0.25) is 0 Å². The number of rotatable bonds is 3. The molecule has 0 aromatic carbocycles. The van der Waals surface area contributed by atoms with E-state index in [1.807, 2.05) is 4.90 Å². The van der Waals surface area contributed by atoms with Gasteiger partial charge >= 0.3 is 12.1 Å². The van der Waals surface area contributed by atoms with Crippen LogP contribution in [0.3, 0.4) is 0 Å². The van der Waals surface area contributed by atoms with Crippen molar-refractivity contribution in [1.82, 2.24) is 15.1 Å². The number of hydrogen-bond donors (Lipinski definition) is 1. The van der Waals surface area contributed by atoms with Gasteiger partial charge in [-0.15, -0.1) is 0 Å². The zero-order valence-electron chi connectivity index (χ0n) is 15.2. The molecule has 3 heterocycles. The lowest BCUT2D eigenvalue weighted by Crippen LogP contribution is -2.58. The average molecular weight is 378 g/mol. The van der Waals surface area contributed by atoms with E-state index in [4.69, 9.17) is 13.9 Å². The van der Waals surface area contributed by atoms with Crippen molar-refractivity contribution in [3.05, 3.63) is 24.2 Å². The summed E-state index contributed by atoms with van der Waals surface area (Å²) < 4.78 is 15.1. The zero-order chi connectivity index (χ0) is 19.4. The predicted octanol–water partition coefficient (Wildman–Crippen LogP) is 0.370.